The number of aromatic nitrogens is 1. The Labute approximate surface area is 142 Å². The number of rotatable bonds is 5. The summed E-state index contributed by atoms with van der Waals surface area (Å²) in [5, 5.41) is 7.10. The molecule has 1 aliphatic rings. The van der Waals surface area contributed by atoms with Crippen molar-refractivity contribution in [3.63, 3.8) is 0 Å². The fraction of sp³-hybridized carbons (Fsp3) is 0.474. The highest BCUT2D eigenvalue weighted by molar-refractivity contribution is 5.92. The smallest absolute Gasteiger partial charge is 0.224 e. The molecule has 0 aliphatic heterocycles. The number of H-pyrrole nitrogens is 1. The lowest BCUT2D eigenvalue weighted by atomic mass is 10.1. The van der Waals surface area contributed by atoms with Crippen LogP contribution in [0.15, 0.2) is 30.5 Å². The Hall–Kier alpha value is -2.30. The third kappa shape index (κ3) is 3.78. The monoisotopic (exact) mass is 327 g/mol. The molecular weight excluding hydrogens is 302 g/mol. The zero-order chi connectivity index (χ0) is 17.3. The summed E-state index contributed by atoms with van der Waals surface area (Å²) >= 11 is 0. The first-order valence-electron chi connectivity index (χ1n) is 8.50. The molecule has 2 unspecified atom stereocenters. The highest BCUT2D eigenvalue weighted by Crippen LogP contribution is 2.39. The van der Waals surface area contributed by atoms with Gasteiger partial charge >= 0.3 is 0 Å². The zero-order valence-electron chi connectivity index (χ0n) is 14.5. The van der Waals surface area contributed by atoms with Crippen LogP contribution in [-0.4, -0.2) is 28.9 Å². The van der Waals surface area contributed by atoms with Crippen LogP contribution in [0.4, 0.5) is 0 Å². The first kappa shape index (κ1) is 16.6. The lowest BCUT2D eigenvalue weighted by molar-refractivity contribution is -0.128. The van der Waals surface area contributed by atoms with Crippen LogP contribution < -0.4 is 10.6 Å². The maximum Gasteiger partial charge on any atom is 0.224 e. The number of aromatic amines is 1. The minimum absolute atomic E-state index is 0.0103. The molecule has 3 N–H and O–H groups in total. The first-order chi connectivity index (χ1) is 11.3. The van der Waals surface area contributed by atoms with Crippen LogP contribution in [0, 0.1) is 11.8 Å². The van der Waals surface area contributed by atoms with Crippen LogP contribution in [0.2, 0.25) is 0 Å². The topological polar surface area (TPSA) is 74.0 Å². The van der Waals surface area contributed by atoms with Gasteiger partial charge in [0.2, 0.25) is 11.8 Å². The average Bonchev–Trinajstić information content (AvgIpc) is 3.22. The second-order valence-corrected chi connectivity index (χ2v) is 7.59. The van der Waals surface area contributed by atoms with Gasteiger partial charge in [-0.05, 0) is 45.2 Å². The number of nitrogens with one attached hydrogen (secondary N) is 3. The number of hydrogen-bond donors (Lipinski definition) is 3. The molecule has 1 aliphatic carbocycles. The predicted molar refractivity (Wildman–Crippen MR) is 94.5 cm³/mol. The molecule has 1 saturated carbocycles. The van der Waals surface area contributed by atoms with E-state index in [0.717, 1.165) is 11.9 Å². The number of carbonyl (C=O) groups excluding carboxylic acids is 2. The number of carbonyl (C=O) groups is 2. The maximum atomic E-state index is 12.2. The maximum absolute atomic E-state index is 12.2. The van der Waals surface area contributed by atoms with Crippen LogP contribution in [0.3, 0.4) is 0 Å². The fourth-order valence-electron chi connectivity index (χ4n) is 3.03. The van der Waals surface area contributed by atoms with Crippen molar-refractivity contribution in [3.05, 3.63) is 36.0 Å². The summed E-state index contributed by atoms with van der Waals surface area (Å²) in [5.74, 6) is -0.365. The number of benzene rings is 1. The van der Waals surface area contributed by atoms with Crippen molar-refractivity contribution in [2.24, 2.45) is 11.8 Å². The molecule has 0 spiro atoms. The fourth-order valence-corrected chi connectivity index (χ4v) is 3.03. The largest absolute Gasteiger partial charge is 0.361 e. The van der Waals surface area contributed by atoms with Crippen LogP contribution in [0.5, 0.6) is 0 Å². The molecule has 2 aromatic rings. The molecule has 1 fully saturated rings. The predicted octanol–water partition coefficient (Wildman–Crippen LogP) is 2.38. The van der Waals surface area contributed by atoms with E-state index in [1.807, 2.05) is 45.2 Å². The molecule has 0 radical (unpaired) electrons. The van der Waals surface area contributed by atoms with Crippen molar-refractivity contribution < 1.29 is 9.59 Å². The standard InChI is InChI=1S/C19H25N3O2/c1-19(2,3)22-18(24)15-10-14(15)17(23)20-9-8-12-11-21-16-7-5-4-6-13(12)16/h4-7,11,14-15,21H,8-10H2,1-3H3,(H,20,23)(H,22,24). The van der Waals surface area contributed by atoms with Crippen LogP contribution in [0.25, 0.3) is 10.9 Å². The Balaban J connectivity index is 1.46. The van der Waals surface area contributed by atoms with Gasteiger partial charge in [0.25, 0.3) is 0 Å². The molecule has 24 heavy (non-hydrogen) atoms. The van der Waals surface area contributed by atoms with Gasteiger partial charge in [-0.3, -0.25) is 9.59 Å². The third-order valence-corrected chi connectivity index (χ3v) is 4.33. The van der Waals surface area contributed by atoms with Crippen LogP contribution >= 0.6 is 0 Å². The molecule has 0 saturated heterocycles. The van der Waals surface area contributed by atoms with E-state index in [0.29, 0.717) is 13.0 Å². The normalized spacial score (nSPS) is 20.0. The minimum Gasteiger partial charge on any atom is -0.361 e. The molecule has 1 aromatic heterocycles. The van der Waals surface area contributed by atoms with E-state index in [1.165, 1.54) is 10.9 Å². The number of para-hydroxylation sites is 1. The van der Waals surface area contributed by atoms with Gasteiger partial charge in [0.15, 0.2) is 0 Å². The van der Waals surface area contributed by atoms with Crippen LogP contribution in [-0.2, 0) is 16.0 Å². The van der Waals surface area contributed by atoms with Gasteiger partial charge in [-0.25, -0.2) is 0 Å². The van der Waals surface area contributed by atoms with E-state index >= 15 is 0 Å². The average molecular weight is 327 g/mol. The van der Waals surface area contributed by atoms with Gasteiger partial charge in [0, 0.05) is 29.2 Å². The van der Waals surface area contributed by atoms with Crippen molar-refractivity contribution in [1.29, 1.82) is 0 Å². The number of fused-ring (bicyclic) bond motifs is 1. The zero-order valence-corrected chi connectivity index (χ0v) is 14.5. The SMILES string of the molecule is CC(C)(C)NC(=O)C1CC1C(=O)NCCc1c[nH]c2ccccc12. The van der Waals surface area contributed by atoms with Gasteiger partial charge in [-0.1, -0.05) is 18.2 Å². The van der Waals surface area contributed by atoms with Gasteiger partial charge in [0.1, 0.15) is 0 Å². The van der Waals surface area contributed by atoms with Crippen molar-refractivity contribution >= 4 is 22.7 Å². The Bertz CT molecular complexity index is 757. The van der Waals surface area contributed by atoms with Gasteiger partial charge in [-0.2, -0.15) is 0 Å². The summed E-state index contributed by atoms with van der Waals surface area (Å²) in [4.78, 5) is 27.5. The van der Waals surface area contributed by atoms with E-state index in [4.69, 9.17) is 0 Å². The van der Waals surface area contributed by atoms with Crippen LogP contribution in [0.1, 0.15) is 32.8 Å². The minimum atomic E-state index is -0.254. The lowest BCUT2D eigenvalue weighted by Crippen LogP contribution is -2.42. The molecule has 5 nitrogen and oxygen atoms in total. The lowest BCUT2D eigenvalue weighted by Gasteiger charge is -2.20. The summed E-state index contributed by atoms with van der Waals surface area (Å²) in [7, 11) is 0. The molecule has 2 amide bonds. The molecule has 1 aromatic carbocycles. The third-order valence-electron chi connectivity index (χ3n) is 4.33. The Morgan fingerprint density at radius 2 is 1.88 bits per heavy atom. The molecule has 0 bridgehead atoms. The van der Waals surface area contributed by atoms with E-state index < -0.39 is 0 Å². The molecule has 128 valence electrons. The van der Waals surface area contributed by atoms with Gasteiger partial charge < -0.3 is 15.6 Å². The van der Waals surface area contributed by atoms with E-state index in [9.17, 15) is 9.59 Å². The molecule has 5 heteroatoms. The Morgan fingerprint density at radius 3 is 2.62 bits per heavy atom. The summed E-state index contributed by atoms with van der Waals surface area (Å²) in [5.41, 5.74) is 2.06. The van der Waals surface area contributed by atoms with Crippen molar-refractivity contribution in [2.45, 2.75) is 39.2 Å². The van der Waals surface area contributed by atoms with Gasteiger partial charge in [0.05, 0.1) is 11.8 Å². The van der Waals surface area contributed by atoms with Crippen molar-refractivity contribution in [1.82, 2.24) is 15.6 Å². The van der Waals surface area contributed by atoms with E-state index in [2.05, 4.69) is 21.7 Å². The molecule has 1 heterocycles. The summed E-state index contributed by atoms with van der Waals surface area (Å²) in [6, 6.07) is 8.14. The highest BCUT2D eigenvalue weighted by Gasteiger charge is 2.48. The highest BCUT2D eigenvalue weighted by atomic mass is 16.2. The summed E-state index contributed by atoms with van der Waals surface area (Å²) in [6.07, 6.45) is 3.43. The van der Waals surface area contributed by atoms with E-state index in [-0.39, 0.29) is 29.2 Å². The number of amides is 2. The quantitative estimate of drug-likeness (QED) is 0.789. The molecule has 2 atom stereocenters. The van der Waals surface area contributed by atoms with Gasteiger partial charge in [-0.15, -0.1) is 0 Å². The molecule has 3 rings (SSSR count). The second-order valence-electron chi connectivity index (χ2n) is 7.59. The van der Waals surface area contributed by atoms with E-state index in [1.54, 1.807) is 0 Å². The molecular formula is C19H25N3O2. The van der Waals surface area contributed by atoms with Crippen molar-refractivity contribution in [2.75, 3.05) is 6.54 Å². The van der Waals surface area contributed by atoms with Crippen molar-refractivity contribution in [3.8, 4) is 0 Å². The summed E-state index contributed by atoms with van der Waals surface area (Å²) < 4.78 is 0. The number of hydrogen-bond acceptors (Lipinski definition) is 2. The second kappa shape index (κ2) is 6.30. The Kier molecular flexibility index (Phi) is 4.35. The Morgan fingerprint density at radius 1 is 1.17 bits per heavy atom. The summed E-state index contributed by atoms with van der Waals surface area (Å²) in [6.45, 7) is 6.43. The first-order valence-corrected chi connectivity index (χ1v) is 8.50.